The lowest BCUT2D eigenvalue weighted by Gasteiger charge is -2.02. The van der Waals surface area contributed by atoms with E-state index in [0.717, 1.165) is 11.3 Å². The highest BCUT2D eigenvalue weighted by Gasteiger charge is 2.25. The average Bonchev–Trinajstić information content (AvgIpc) is 3.03. The number of furan rings is 1. The van der Waals surface area contributed by atoms with Crippen LogP contribution in [0.2, 0.25) is 0 Å². The van der Waals surface area contributed by atoms with Gasteiger partial charge in [0.1, 0.15) is 9.88 Å². The van der Waals surface area contributed by atoms with Crippen molar-refractivity contribution in [2.45, 2.75) is 13.8 Å². The Kier molecular flexibility index (Phi) is 5.22. The largest absolute Gasteiger partial charge is 0.462 e. The third-order valence-corrected chi connectivity index (χ3v) is 4.49. The van der Waals surface area contributed by atoms with Crippen molar-refractivity contribution in [1.82, 2.24) is 0 Å². The Morgan fingerprint density at radius 3 is 2.61 bits per heavy atom. The van der Waals surface area contributed by atoms with Gasteiger partial charge in [-0.2, -0.15) is 0 Å². The van der Waals surface area contributed by atoms with Crippen molar-refractivity contribution in [3.05, 3.63) is 38.6 Å². The molecule has 122 valence electrons. The number of anilines is 1. The molecule has 0 atom stereocenters. The fourth-order valence-electron chi connectivity index (χ4n) is 1.89. The van der Waals surface area contributed by atoms with E-state index in [1.54, 1.807) is 19.9 Å². The number of rotatable bonds is 5. The number of ether oxygens (including phenoxy) is 1. The van der Waals surface area contributed by atoms with E-state index in [0.29, 0.717) is 10.2 Å². The number of hydrogen-bond donors (Lipinski definition) is 2. The van der Waals surface area contributed by atoms with Crippen molar-refractivity contribution in [2.24, 2.45) is 5.73 Å². The maximum Gasteiger partial charge on any atom is 0.348 e. The first-order valence-electron chi connectivity index (χ1n) is 6.52. The van der Waals surface area contributed by atoms with Crippen LogP contribution >= 0.6 is 27.3 Å². The zero-order valence-electron chi connectivity index (χ0n) is 12.3. The molecule has 2 heterocycles. The molecule has 0 bridgehead atoms. The van der Waals surface area contributed by atoms with Crippen molar-refractivity contribution in [2.75, 3.05) is 11.9 Å². The minimum atomic E-state index is -0.745. The second kappa shape index (κ2) is 6.97. The summed E-state index contributed by atoms with van der Waals surface area (Å²) in [4.78, 5) is 35.9. The quantitative estimate of drug-likeness (QED) is 0.749. The first-order chi connectivity index (χ1) is 10.8. The summed E-state index contributed by atoms with van der Waals surface area (Å²) in [6.07, 6.45) is 0. The van der Waals surface area contributed by atoms with Crippen LogP contribution in [0.3, 0.4) is 0 Å². The minimum Gasteiger partial charge on any atom is -0.462 e. The minimum absolute atomic E-state index is 0.0519. The summed E-state index contributed by atoms with van der Waals surface area (Å²) in [5, 5.41) is 2.71. The number of nitrogens with one attached hydrogen (secondary N) is 1. The third kappa shape index (κ3) is 3.62. The molecule has 0 spiro atoms. The van der Waals surface area contributed by atoms with Crippen molar-refractivity contribution in [3.8, 4) is 0 Å². The summed E-state index contributed by atoms with van der Waals surface area (Å²) in [7, 11) is 0. The van der Waals surface area contributed by atoms with Crippen LogP contribution in [0.4, 0.5) is 5.00 Å². The van der Waals surface area contributed by atoms with Gasteiger partial charge in [-0.15, -0.1) is 11.3 Å². The van der Waals surface area contributed by atoms with Crippen LogP contribution < -0.4 is 11.1 Å². The fourth-order valence-corrected chi connectivity index (χ4v) is 3.30. The normalized spacial score (nSPS) is 10.4. The maximum absolute atomic E-state index is 12.1. The van der Waals surface area contributed by atoms with Crippen LogP contribution in [0.15, 0.2) is 21.2 Å². The van der Waals surface area contributed by atoms with Crippen LogP contribution in [0.5, 0.6) is 0 Å². The predicted molar refractivity (Wildman–Crippen MR) is 87.9 cm³/mol. The Labute approximate surface area is 143 Å². The van der Waals surface area contributed by atoms with E-state index in [1.807, 2.05) is 0 Å². The van der Waals surface area contributed by atoms with Gasteiger partial charge in [0.15, 0.2) is 10.4 Å². The highest BCUT2D eigenvalue weighted by Crippen LogP contribution is 2.33. The smallest absolute Gasteiger partial charge is 0.348 e. The summed E-state index contributed by atoms with van der Waals surface area (Å²) in [6, 6.07) is 3.03. The van der Waals surface area contributed by atoms with Gasteiger partial charge in [0.05, 0.1) is 12.2 Å². The monoisotopic (exact) mass is 400 g/mol. The molecule has 0 aliphatic rings. The topological polar surface area (TPSA) is 112 Å². The van der Waals surface area contributed by atoms with E-state index in [2.05, 4.69) is 21.2 Å². The Morgan fingerprint density at radius 1 is 1.39 bits per heavy atom. The summed E-state index contributed by atoms with van der Waals surface area (Å²) >= 11 is 4.03. The molecule has 2 rings (SSSR count). The highest BCUT2D eigenvalue weighted by molar-refractivity contribution is 9.10. The molecule has 2 amide bonds. The molecule has 3 N–H and O–H groups in total. The molecule has 0 aliphatic heterocycles. The summed E-state index contributed by atoms with van der Waals surface area (Å²) < 4.78 is 10.5. The predicted octanol–water partition coefficient (Wildman–Crippen LogP) is 2.94. The molecule has 7 nitrogen and oxygen atoms in total. The first kappa shape index (κ1) is 17.2. The summed E-state index contributed by atoms with van der Waals surface area (Å²) in [5.41, 5.74) is 5.81. The Balaban J connectivity index is 2.37. The van der Waals surface area contributed by atoms with Crippen molar-refractivity contribution in [1.29, 1.82) is 0 Å². The molecule has 23 heavy (non-hydrogen) atoms. The summed E-state index contributed by atoms with van der Waals surface area (Å²) in [5.74, 6) is -1.82. The third-order valence-electron chi connectivity index (χ3n) is 2.88. The molecule has 0 aromatic carbocycles. The molecular formula is C14H13BrN2O5S. The van der Waals surface area contributed by atoms with Crippen LogP contribution in [0, 0.1) is 6.92 Å². The molecule has 0 aliphatic carbocycles. The molecule has 0 saturated heterocycles. The van der Waals surface area contributed by atoms with Crippen LogP contribution in [-0.2, 0) is 4.74 Å². The number of amides is 2. The van der Waals surface area contributed by atoms with Gasteiger partial charge >= 0.3 is 5.97 Å². The summed E-state index contributed by atoms with van der Waals surface area (Å²) in [6.45, 7) is 3.44. The second-order valence-corrected chi connectivity index (χ2v) is 6.21. The maximum atomic E-state index is 12.1. The van der Waals surface area contributed by atoms with Gasteiger partial charge in [-0.05, 0) is 47.5 Å². The molecule has 0 radical (unpaired) electrons. The SMILES string of the molecule is CCOC(=O)c1sc(NC(=O)c2ccc(Br)o2)c(C(N)=O)c1C. The Hall–Kier alpha value is -2.13. The van der Waals surface area contributed by atoms with Crippen molar-refractivity contribution >= 4 is 50.1 Å². The molecule has 0 unspecified atom stereocenters. The number of esters is 1. The number of carbonyl (C=O) groups is 3. The fraction of sp³-hybridized carbons (Fsp3) is 0.214. The molecule has 2 aromatic heterocycles. The lowest BCUT2D eigenvalue weighted by Crippen LogP contribution is -2.17. The van der Waals surface area contributed by atoms with Gasteiger partial charge in [-0.25, -0.2) is 4.79 Å². The number of carbonyl (C=O) groups excluding carboxylic acids is 3. The molecule has 9 heteroatoms. The number of hydrogen-bond acceptors (Lipinski definition) is 6. The standard InChI is InChI=1S/C14H13BrN2O5S/c1-3-21-14(20)10-6(2)9(11(16)18)13(23-10)17-12(19)7-4-5-8(15)22-7/h4-5H,3H2,1-2H3,(H2,16,18)(H,17,19). The van der Waals surface area contributed by atoms with E-state index in [4.69, 9.17) is 14.9 Å². The highest BCUT2D eigenvalue weighted by atomic mass is 79.9. The van der Waals surface area contributed by atoms with Gasteiger partial charge in [-0.1, -0.05) is 0 Å². The average molecular weight is 401 g/mol. The van der Waals surface area contributed by atoms with Gasteiger partial charge in [0.25, 0.3) is 11.8 Å². The van der Waals surface area contributed by atoms with E-state index in [-0.39, 0.29) is 27.8 Å². The van der Waals surface area contributed by atoms with E-state index >= 15 is 0 Å². The Bertz CT molecular complexity index is 780. The van der Waals surface area contributed by atoms with Gasteiger partial charge < -0.3 is 20.2 Å². The van der Waals surface area contributed by atoms with E-state index in [1.165, 1.54) is 6.07 Å². The lowest BCUT2D eigenvalue weighted by molar-refractivity contribution is 0.0531. The number of nitrogens with two attached hydrogens (primary N) is 1. The Morgan fingerprint density at radius 2 is 2.09 bits per heavy atom. The van der Waals surface area contributed by atoms with Gasteiger partial charge in [0.2, 0.25) is 0 Å². The molecule has 0 saturated carbocycles. The van der Waals surface area contributed by atoms with Crippen LogP contribution in [0.1, 0.15) is 43.1 Å². The first-order valence-corrected chi connectivity index (χ1v) is 8.13. The van der Waals surface area contributed by atoms with Crippen molar-refractivity contribution in [3.63, 3.8) is 0 Å². The second-order valence-electron chi connectivity index (χ2n) is 4.40. The van der Waals surface area contributed by atoms with Gasteiger partial charge in [0, 0.05) is 0 Å². The van der Waals surface area contributed by atoms with Crippen molar-refractivity contribution < 1.29 is 23.5 Å². The number of halogens is 1. The van der Waals surface area contributed by atoms with Gasteiger partial charge in [-0.3, -0.25) is 9.59 Å². The zero-order valence-corrected chi connectivity index (χ0v) is 14.7. The van der Waals surface area contributed by atoms with Crippen LogP contribution in [0.25, 0.3) is 0 Å². The number of thiophene rings is 1. The van der Waals surface area contributed by atoms with Crippen LogP contribution in [-0.4, -0.2) is 24.4 Å². The van der Waals surface area contributed by atoms with E-state index < -0.39 is 17.8 Å². The zero-order chi connectivity index (χ0) is 17.1. The molecular weight excluding hydrogens is 388 g/mol. The number of primary amides is 1. The molecule has 0 fully saturated rings. The molecule has 2 aromatic rings. The lowest BCUT2D eigenvalue weighted by atomic mass is 10.1. The van der Waals surface area contributed by atoms with E-state index in [9.17, 15) is 14.4 Å².